The van der Waals surface area contributed by atoms with Gasteiger partial charge in [0.15, 0.2) is 10.3 Å². The molecule has 4 heterocycles. The number of fused-ring (bicyclic) bond motifs is 4. The van der Waals surface area contributed by atoms with Crippen molar-refractivity contribution < 1.29 is 19.5 Å². The number of carbonyl (C=O) groups excluding carboxylic acids is 2. The van der Waals surface area contributed by atoms with Crippen LogP contribution in [-0.4, -0.2) is 70.9 Å². The summed E-state index contributed by atoms with van der Waals surface area (Å²) in [5.74, 6) is 2.01. The number of nitrogens with zero attached hydrogens (tertiary/aromatic N) is 4. The Bertz CT molecular complexity index is 1910. The molecule has 13 heteroatoms. The third-order valence-corrected chi connectivity index (χ3v) is 14.2. The molecule has 3 aromatic rings. The number of benzene rings is 1. The van der Waals surface area contributed by atoms with E-state index in [1.54, 1.807) is 0 Å². The number of hydrogen-bond acceptors (Lipinski definition) is 5. The Labute approximate surface area is 327 Å². The lowest BCUT2D eigenvalue weighted by atomic mass is 9.51. The maximum absolute atomic E-state index is 13.8. The molecule has 0 radical (unpaired) electrons. The number of carbonyl (C=O) groups is 3. The smallest absolute Gasteiger partial charge is 0.405 e. The summed E-state index contributed by atoms with van der Waals surface area (Å²) in [6.45, 7) is 10.0. The SMILES string of the molecule is CC(C)CC(=O)N1[C@H](C)CC[C@H]1c1nc(Cl)c(-c2ccc(C34CCC(c5[nH]c([C@@H]6CC7CC7N6C(=O)[C@@H](NC(=O)O)C(C)C)nc5Cl)(CC3)CC4)cc2)[nH]1. The van der Waals surface area contributed by atoms with Gasteiger partial charge in [-0.05, 0) is 99.9 Å². The molecule has 2 bridgehead atoms. The highest BCUT2D eigenvalue weighted by atomic mass is 35.5. The van der Waals surface area contributed by atoms with E-state index in [4.69, 9.17) is 33.2 Å². The summed E-state index contributed by atoms with van der Waals surface area (Å²) >= 11 is 13.7. The quantitative estimate of drug-likeness (QED) is 0.162. The minimum Gasteiger partial charge on any atom is -0.465 e. The molecule has 6 atom stereocenters. The first-order valence-corrected chi connectivity index (χ1v) is 20.7. The summed E-state index contributed by atoms with van der Waals surface area (Å²) in [4.78, 5) is 59.1. The van der Waals surface area contributed by atoms with Crippen molar-refractivity contribution in [2.75, 3.05) is 0 Å². The number of hydrogen-bond donors (Lipinski definition) is 4. The molecule has 4 saturated carbocycles. The van der Waals surface area contributed by atoms with Gasteiger partial charge in [-0.3, -0.25) is 9.59 Å². The molecule has 6 fully saturated rings. The molecule has 2 unspecified atom stereocenters. The van der Waals surface area contributed by atoms with Gasteiger partial charge in [-0.25, -0.2) is 14.8 Å². The van der Waals surface area contributed by atoms with Crippen molar-refractivity contribution in [1.82, 2.24) is 35.1 Å². The van der Waals surface area contributed by atoms with Gasteiger partial charge in [-0.2, -0.15) is 0 Å². The highest BCUT2D eigenvalue weighted by molar-refractivity contribution is 6.32. The first-order chi connectivity index (χ1) is 25.7. The van der Waals surface area contributed by atoms with Crippen LogP contribution in [0.2, 0.25) is 10.3 Å². The molecule has 0 spiro atoms. The molecule has 11 nitrogen and oxygen atoms in total. The van der Waals surface area contributed by atoms with E-state index >= 15 is 0 Å². The Morgan fingerprint density at radius 1 is 0.870 bits per heavy atom. The van der Waals surface area contributed by atoms with Crippen molar-refractivity contribution in [3.8, 4) is 11.3 Å². The maximum Gasteiger partial charge on any atom is 0.405 e. The molecule has 54 heavy (non-hydrogen) atoms. The first kappa shape index (κ1) is 37.4. The molecule has 290 valence electrons. The molecular weight excluding hydrogens is 725 g/mol. The molecular formula is C41H53Cl2N7O4. The Kier molecular flexibility index (Phi) is 9.59. The zero-order valence-electron chi connectivity index (χ0n) is 31.9. The maximum atomic E-state index is 13.8. The summed E-state index contributed by atoms with van der Waals surface area (Å²) in [7, 11) is 0. The first-order valence-electron chi connectivity index (χ1n) is 20.0. The highest BCUT2D eigenvalue weighted by Gasteiger charge is 2.57. The van der Waals surface area contributed by atoms with Crippen molar-refractivity contribution >= 4 is 41.1 Å². The molecule has 4 aliphatic carbocycles. The van der Waals surface area contributed by atoms with Crippen LogP contribution < -0.4 is 5.32 Å². The molecule has 4 N–H and O–H groups in total. The largest absolute Gasteiger partial charge is 0.465 e. The van der Waals surface area contributed by atoms with Gasteiger partial charge in [-0.1, -0.05) is 75.2 Å². The molecule has 6 aliphatic rings. The van der Waals surface area contributed by atoms with Crippen LogP contribution in [0.5, 0.6) is 0 Å². The zero-order chi connectivity index (χ0) is 38.3. The van der Waals surface area contributed by atoms with E-state index in [0.717, 1.165) is 92.8 Å². The number of nitrogens with one attached hydrogen (secondary N) is 3. The molecule has 2 aromatic heterocycles. The monoisotopic (exact) mass is 777 g/mol. The summed E-state index contributed by atoms with van der Waals surface area (Å²) < 4.78 is 0. The number of likely N-dealkylation sites (tertiary alicyclic amines) is 2. The van der Waals surface area contributed by atoms with E-state index in [9.17, 15) is 19.5 Å². The van der Waals surface area contributed by atoms with E-state index in [-0.39, 0.29) is 52.7 Å². The van der Waals surface area contributed by atoms with Gasteiger partial charge in [0.25, 0.3) is 0 Å². The van der Waals surface area contributed by atoms with Gasteiger partial charge in [0.2, 0.25) is 11.8 Å². The number of amides is 3. The van der Waals surface area contributed by atoms with Crippen molar-refractivity contribution in [2.45, 2.75) is 146 Å². The van der Waals surface area contributed by atoms with Gasteiger partial charge in [0.05, 0.1) is 23.5 Å². The van der Waals surface area contributed by atoms with Crippen LogP contribution in [0.15, 0.2) is 24.3 Å². The van der Waals surface area contributed by atoms with Gasteiger partial charge in [-0.15, -0.1) is 0 Å². The molecule has 2 saturated heterocycles. The van der Waals surface area contributed by atoms with E-state index in [2.05, 4.69) is 60.3 Å². The summed E-state index contributed by atoms with van der Waals surface area (Å²) in [5, 5.41) is 12.8. The van der Waals surface area contributed by atoms with Crippen LogP contribution in [0, 0.1) is 17.8 Å². The second kappa shape index (κ2) is 13.9. The predicted molar refractivity (Wildman–Crippen MR) is 207 cm³/mol. The lowest BCUT2D eigenvalue weighted by Gasteiger charge is -2.53. The van der Waals surface area contributed by atoms with E-state index in [1.807, 2.05) is 23.6 Å². The number of aromatic amines is 2. The third-order valence-electron chi connectivity index (χ3n) is 13.7. The van der Waals surface area contributed by atoms with E-state index in [1.165, 1.54) is 5.56 Å². The van der Waals surface area contributed by atoms with Crippen LogP contribution >= 0.6 is 23.2 Å². The number of rotatable bonds is 10. The average Bonchev–Trinajstić information content (AvgIpc) is 3.47. The van der Waals surface area contributed by atoms with Gasteiger partial charge in [0.1, 0.15) is 17.7 Å². The summed E-state index contributed by atoms with van der Waals surface area (Å²) in [6.07, 6.45) is 9.02. The van der Waals surface area contributed by atoms with Crippen molar-refractivity contribution in [2.24, 2.45) is 17.8 Å². The van der Waals surface area contributed by atoms with Crippen LogP contribution in [0.25, 0.3) is 11.3 Å². The van der Waals surface area contributed by atoms with Crippen molar-refractivity contribution in [1.29, 1.82) is 0 Å². The lowest BCUT2D eigenvalue weighted by Crippen LogP contribution is -2.51. The fraction of sp³-hybridized carbons (Fsp3) is 0.634. The summed E-state index contributed by atoms with van der Waals surface area (Å²) in [5.41, 5.74) is 4.11. The standard InChI is InChI=1S/C41H53Cl2N7O4/c1-21(2)18-30(51)49-23(5)6-11-27(49)36-44-32(34(42)47-36)24-7-9-26(10-8-24)40-12-15-41(16-13-40,17-14-40)33-35(43)48-37(46-33)29-20-25-19-28(25)50(29)38(52)31(22(3)4)45-39(53)54/h7-10,21-23,25,27-29,31,45H,6,11-20H2,1-5H3,(H,44,47)(H,46,48)(H,53,54)/t23-,25?,27+,28?,29+,31+,40?,41?/m1/s1. The Morgan fingerprint density at radius 3 is 2.13 bits per heavy atom. The van der Waals surface area contributed by atoms with Crippen LogP contribution in [0.1, 0.15) is 140 Å². The highest BCUT2D eigenvalue weighted by Crippen LogP contribution is 2.60. The fourth-order valence-electron chi connectivity index (χ4n) is 10.5. The van der Waals surface area contributed by atoms with E-state index < -0.39 is 12.1 Å². The fourth-order valence-corrected chi connectivity index (χ4v) is 11.1. The second-order valence-corrected chi connectivity index (χ2v) is 18.5. The number of piperidine rings is 1. The van der Waals surface area contributed by atoms with Gasteiger partial charge < -0.3 is 30.2 Å². The normalized spacial score (nSPS) is 30.6. The molecule has 2 aliphatic heterocycles. The van der Waals surface area contributed by atoms with Crippen molar-refractivity contribution in [3.05, 3.63) is 57.5 Å². The van der Waals surface area contributed by atoms with Gasteiger partial charge >= 0.3 is 6.09 Å². The lowest BCUT2D eigenvalue weighted by molar-refractivity contribution is -0.137. The Balaban J connectivity index is 0.963. The molecule has 1 aromatic carbocycles. The van der Waals surface area contributed by atoms with Crippen LogP contribution in [0.3, 0.4) is 0 Å². The minimum absolute atomic E-state index is 0.0896. The van der Waals surface area contributed by atoms with Crippen LogP contribution in [0.4, 0.5) is 4.79 Å². The average molecular weight is 779 g/mol. The van der Waals surface area contributed by atoms with Crippen molar-refractivity contribution in [3.63, 3.8) is 0 Å². The van der Waals surface area contributed by atoms with Gasteiger partial charge in [0, 0.05) is 29.5 Å². The number of H-pyrrole nitrogens is 2. The predicted octanol–water partition coefficient (Wildman–Crippen LogP) is 8.70. The molecule has 3 amide bonds. The Hall–Kier alpha value is -3.57. The zero-order valence-corrected chi connectivity index (χ0v) is 33.4. The Morgan fingerprint density at radius 2 is 1.50 bits per heavy atom. The number of aromatic nitrogens is 4. The topological polar surface area (TPSA) is 147 Å². The third kappa shape index (κ3) is 6.40. The number of carboxylic acid groups (broad SMARTS) is 1. The minimum atomic E-state index is -1.19. The summed E-state index contributed by atoms with van der Waals surface area (Å²) in [6, 6.07) is 7.96. The molecule has 9 rings (SSSR count). The van der Waals surface area contributed by atoms with Crippen LogP contribution in [-0.2, 0) is 20.4 Å². The second-order valence-electron chi connectivity index (χ2n) is 17.8. The number of imidazole rings is 2. The number of halogens is 2. The van der Waals surface area contributed by atoms with E-state index in [0.29, 0.717) is 28.6 Å².